The molecule has 1 saturated heterocycles. The number of hydrogen-bond donors (Lipinski definition) is 4. The van der Waals surface area contributed by atoms with Crippen LogP contribution >= 0.6 is 0 Å². The summed E-state index contributed by atoms with van der Waals surface area (Å²) < 4.78 is 32.6. The van der Waals surface area contributed by atoms with Crippen molar-refractivity contribution in [3.8, 4) is 0 Å². The molecule has 1 saturated carbocycles. The topological polar surface area (TPSA) is 151 Å². The molecule has 3 amide bonds. The third kappa shape index (κ3) is 7.18. The normalized spacial score (nSPS) is 24.1. The van der Waals surface area contributed by atoms with Crippen LogP contribution in [0.1, 0.15) is 31.4 Å². The van der Waals surface area contributed by atoms with Crippen LogP contribution in [-0.2, 0) is 32.0 Å². The first-order chi connectivity index (χ1) is 22.4. The second kappa shape index (κ2) is 14.0. The summed E-state index contributed by atoms with van der Waals surface area (Å²) in [4.78, 5) is 52.4. The van der Waals surface area contributed by atoms with E-state index in [1.165, 1.54) is 13.0 Å². The van der Waals surface area contributed by atoms with Gasteiger partial charge in [0.25, 0.3) is 5.91 Å². The van der Waals surface area contributed by atoms with Crippen LogP contribution < -0.4 is 21.3 Å². The summed E-state index contributed by atoms with van der Waals surface area (Å²) in [5.74, 6) is -4.60. The summed E-state index contributed by atoms with van der Waals surface area (Å²) in [6, 6.07) is 19.8. The van der Waals surface area contributed by atoms with Crippen molar-refractivity contribution in [2.45, 2.75) is 62.9 Å². The molecule has 10 nitrogen and oxygen atoms in total. The molecule has 5 unspecified atom stereocenters. The van der Waals surface area contributed by atoms with Gasteiger partial charge in [-0.05, 0) is 48.4 Å². The van der Waals surface area contributed by atoms with Crippen molar-refractivity contribution < 1.29 is 37.8 Å². The Morgan fingerprint density at radius 3 is 2.19 bits per heavy atom. The quantitative estimate of drug-likeness (QED) is 0.236. The van der Waals surface area contributed by atoms with Crippen molar-refractivity contribution in [2.24, 2.45) is 17.6 Å². The SMILES string of the molecule is CC(=O)N[C@@H]1C(=O)C(N)(C(Cc2ccccc2)C[C@H](O)C(Cc2ccccc2)NC(=O)C2CN(c3ccc(F)c(F)c3)C(=O)O2)C1C. The van der Waals surface area contributed by atoms with E-state index in [2.05, 4.69) is 10.6 Å². The standard InChI is InChI=1S/C35H38F2N4O6/c1-20-31(39-21(2)42)32(44)35(20,38)24(15-22-9-5-3-6-10-22)17-29(43)28(16-23-11-7-4-8-12-23)40-33(45)30-19-41(34(46)47-30)25-13-14-26(36)27(37)18-25/h3-14,18,20,24,28-31,43H,15-17,19,38H2,1-2H3,(H,39,42)(H,40,45)/t20?,24?,28?,29-,30?,31-,35?/m0/s1. The molecule has 2 fully saturated rings. The number of ketones is 1. The summed E-state index contributed by atoms with van der Waals surface area (Å²) in [7, 11) is 0. The monoisotopic (exact) mass is 648 g/mol. The van der Waals surface area contributed by atoms with Gasteiger partial charge in [0.2, 0.25) is 5.91 Å². The largest absolute Gasteiger partial charge is 0.434 e. The zero-order valence-corrected chi connectivity index (χ0v) is 26.1. The first-order valence-corrected chi connectivity index (χ1v) is 15.5. The van der Waals surface area contributed by atoms with Gasteiger partial charge in [-0.15, -0.1) is 0 Å². The van der Waals surface area contributed by atoms with Crippen LogP contribution in [0.4, 0.5) is 19.3 Å². The maximum atomic E-state index is 13.9. The molecule has 12 heteroatoms. The van der Waals surface area contributed by atoms with Gasteiger partial charge < -0.3 is 26.2 Å². The Kier molecular flexibility index (Phi) is 10.0. The number of carbonyl (C=O) groups is 4. The second-order valence-electron chi connectivity index (χ2n) is 12.3. The van der Waals surface area contributed by atoms with Gasteiger partial charge in [-0.1, -0.05) is 67.6 Å². The van der Waals surface area contributed by atoms with Crippen LogP contribution in [0.5, 0.6) is 0 Å². The van der Waals surface area contributed by atoms with Gasteiger partial charge in [-0.25, -0.2) is 13.6 Å². The van der Waals surface area contributed by atoms with Crippen LogP contribution in [0.15, 0.2) is 78.9 Å². The van der Waals surface area contributed by atoms with E-state index >= 15 is 0 Å². The molecule has 5 rings (SSSR count). The number of nitrogens with zero attached hydrogens (tertiary/aromatic N) is 1. The highest BCUT2D eigenvalue weighted by Gasteiger charge is 2.61. The predicted octanol–water partition coefficient (Wildman–Crippen LogP) is 3.05. The third-order valence-electron chi connectivity index (χ3n) is 9.26. The molecule has 1 aliphatic carbocycles. The summed E-state index contributed by atoms with van der Waals surface area (Å²) in [5, 5.41) is 17.3. The number of cyclic esters (lactones) is 1. The highest BCUT2D eigenvalue weighted by Crippen LogP contribution is 2.42. The first-order valence-electron chi connectivity index (χ1n) is 15.5. The molecule has 47 heavy (non-hydrogen) atoms. The van der Waals surface area contributed by atoms with E-state index in [4.69, 9.17) is 10.5 Å². The molecule has 3 aromatic carbocycles. The van der Waals surface area contributed by atoms with Crippen molar-refractivity contribution in [1.29, 1.82) is 0 Å². The van der Waals surface area contributed by atoms with Gasteiger partial charge >= 0.3 is 6.09 Å². The number of carbonyl (C=O) groups excluding carboxylic acids is 4. The van der Waals surface area contributed by atoms with Gasteiger partial charge in [0.1, 0.15) is 0 Å². The number of aliphatic hydroxyl groups excluding tert-OH is 1. The van der Waals surface area contributed by atoms with Crippen LogP contribution in [0.3, 0.4) is 0 Å². The van der Waals surface area contributed by atoms with E-state index in [9.17, 15) is 33.1 Å². The lowest BCUT2D eigenvalue weighted by Gasteiger charge is -2.54. The van der Waals surface area contributed by atoms with E-state index in [1.54, 1.807) is 6.92 Å². The summed E-state index contributed by atoms with van der Waals surface area (Å²) in [6.07, 6.45) is -2.82. The smallest absolute Gasteiger partial charge is 0.415 e. The van der Waals surface area contributed by atoms with Gasteiger partial charge in [0, 0.05) is 18.9 Å². The Morgan fingerprint density at radius 2 is 1.62 bits per heavy atom. The molecular weight excluding hydrogens is 610 g/mol. The molecule has 2 aliphatic rings. The van der Waals surface area contributed by atoms with Gasteiger partial charge in [0.05, 0.1) is 36.0 Å². The molecule has 5 N–H and O–H groups in total. The Morgan fingerprint density at radius 1 is 1.00 bits per heavy atom. The third-order valence-corrected chi connectivity index (χ3v) is 9.26. The average molecular weight is 649 g/mol. The van der Waals surface area contributed by atoms with Crippen LogP contribution in [-0.4, -0.2) is 65.2 Å². The number of benzene rings is 3. The molecule has 1 aliphatic heterocycles. The Bertz CT molecular complexity index is 1630. The lowest BCUT2D eigenvalue weighted by atomic mass is 9.55. The number of amides is 3. The van der Waals surface area contributed by atoms with E-state index in [0.29, 0.717) is 6.42 Å². The van der Waals surface area contributed by atoms with Crippen molar-refractivity contribution in [2.75, 3.05) is 11.4 Å². The van der Waals surface area contributed by atoms with Gasteiger partial charge in [-0.3, -0.25) is 19.3 Å². The molecule has 0 aromatic heterocycles. The fourth-order valence-corrected chi connectivity index (χ4v) is 6.57. The van der Waals surface area contributed by atoms with E-state index in [-0.39, 0.29) is 36.8 Å². The molecule has 7 atom stereocenters. The molecule has 0 bridgehead atoms. The zero-order valence-electron chi connectivity index (χ0n) is 26.1. The van der Waals surface area contributed by atoms with Crippen molar-refractivity contribution in [3.05, 3.63) is 102 Å². The molecule has 0 spiro atoms. The van der Waals surface area contributed by atoms with Crippen LogP contribution in [0.25, 0.3) is 0 Å². The maximum Gasteiger partial charge on any atom is 0.415 e. The minimum absolute atomic E-state index is 0.0253. The highest BCUT2D eigenvalue weighted by molar-refractivity contribution is 6.02. The van der Waals surface area contributed by atoms with Crippen LogP contribution in [0, 0.1) is 23.5 Å². The minimum Gasteiger partial charge on any atom is -0.434 e. The van der Waals surface area contributed by atoms with Crippen molar-refractivity contribution >= 4 is 29.4 Å². The highest BCUT2D eigenvalue weighted by atomic mass is 19.2. The van der Waals surface area contributed by atoms with Gasteiger partial charge in [-0.2, -0.15) is 0 Å². The Hall–Kier alpha value is -4.68. The maximum absolute atomic E-state index is 13.9. The summed E-state index contributed by atoms with van der Waals surface area (Å²) >= 11 is 0. The fraction of sp³-hybridized carbons (Fsp3) is 0.371. The van der Waals surface area contributed by atoms with E-state index < -0.39 is 65.3 Å². The number of ether oxygens (including phenoxy) is 1. The fourth-order valence-electron chi connectivity index (χ4n) is 6.57. The van der Waals surface area contributed by atoms with Crippen LogP contribution in [0.2, 0.25) is 0 Å². The Balaban J connectivity index is 1.37. The molecule has 0 radical (unpaired) electrons. The molecule has 248 valence electrons. The summed E-state index contributed by atoms with van der Waals surface area (Å²) in [6.45, 7) is 2.86. The van der Waals surface area contributed by atoms with E-state index in [1.807, 2.05) is 60.7 Å². The number of anilines is 1. The Labute approximate surface area is 271 Å². The van der Waals surface area contributed by atoms with E-state index in [0.717, 1.165) is 28.2 Å². The zero-order chi connectivity index (χ0) is 33.9. The number of halogens is 2. The first kappa shape index (κ1) is 33.7. The lowest BCUT2D eigenvalue weighted by molar-refractivity contribution is -0.148. The number of nitrogens with one attached hydrogen (secondary N) is 2. The summed E-state index contributed by atoms with van der Waals surface area (Å²) in [5.41, 5.74) is 7.22. The van der Waals surface area contributed by atoms with Crippen molar-refractivity contribution in [3.63, 3.8) is 0 Å². The van der Waals surface area contributed by atoms with Gasteiger partial charge in [0.15, 0.2) is 23.5 Å². The lowest BCUT2D eigenvalue weighted by Crippen LogP contribution is -2.78. The molecule has 1 heterocycles. The predicted molar refractivity (Wildman–Crippen MR) is 169 cm³/mol. The number of Topliss-reactive ketones (excluding diaryl/α,β-unsaturated/α-hetero) is 1. The molecular formula is C35H38F2N4O6. The van der Waals surface area contributed by atoms with Crippen molar-refractivity contribution in [1.82, 2.24) is 10.6 Å². The number of aliphatic hydroxyl groups is 1. The second-order valence-corrected chi connectivity index (χ2v) is 12.3. The average Bonchev–Trinajstić information content (AvgIpc) is 3.46. The molecule has 3 aromatic rings. The number of hydrogen-bond acceptors (Lipinski definition) is 7. The number of nitrogens with two attached hydrogens (primary N) is 1. The number of rotatable bonds is 12. The minimum atomic E-state index is -1.36.